The molecule has 1 aliphatic rings. The number of fused-ring (bicyclic) bond motifs is 1. The van der Waals surface area contributed by atoms with Crippen LogP contribution in [0.1, 0.15) is 12.5 Å². The van der Waals surface area contributed by atoms with E-state index in [-0.39, 0.29) is 0 Å². The molecule has 0 aliphatic carbocycles. The zero-order valence-electron chi connectivity index (χ0n) is 8.03. The van der Waals surface area contributed by atoms with Crippen molar-refractivity contribution in [3.8, 4) is 0 Å². The number of rotatable bonds is 0. The van der Waals surface area contributed by atoms with Crippen molar-refractivity contribution in [1.82, 2.24) is 0 Å². The van der Waals surface area contributed by atoms with Crippen LogP contribution in [0.5, 0.6) is 0 Å². The zero-order chi connectivity index (χ0) is 10.4. The summed E-state index contributed by atoms with van der Waals surface area (Å²) in [6.07, 6.45) is 4.27. The Morgan fingerprint density at radius 3 is 2.71 bits per heavy atom. The Balaban J connectivity index is 0.000000213. The molecule has 3 heteroatoms. The Morgan fingerprint density at radius 1 is 1.43 bits per heavy atom. The van der Waals surface area contributed by atoms with Gasteiger partial charge in [0.15, 0.2) is 0 Å². The van der Waals surface area contributed by atoms with E-state index in [1.165, 1.54) is 11.3 Å². The fourth-order valence-corrected chi connectivity index (χ4v) is 1.16. The molecule has 0 unspecified atom stereocenters. The first-order valence-electron chi connectivity index (χ1n) is 4.39. The number of hydrogen-bond donors (Lipinski definition) is 2. The van der Waals surface area contributed by atoms with E-state index in [0.717, 1.165) is 13.5 Å². The molecule has 2 rings (SSSR count). The lowest BCUT2D eigenvalue weighted by atomic mass is 10.1. The predicted molar refractivity (Wildman–Crippen MR) is 57.3 cm³/mol. The molecule has 0 amide bonds. The molecular formula is C11H13NO2. The first kappa shape index (κ1) is 10.3. The van der Waals surface area contributed by atoms with Gasteiger partial charge in [0, 0.05) is 19.2 Å². The van der Waals surface area contributed by atoms with Crippen LogP contribution in [0.2, 0.25) is 0 Å². The van der Waals surface area contributed by atoms with Gasteiger partial charge in [-0.05, 0) is 11.6 Å². The number of carboxylic acids is 1. The quantitative estimate of drug-likeness (QED) is 0.661. The fourth-order valence-electron chi connectivity index (χ4n) is 1.16. The van der Waals surface area contributed by atoms with Gasteiger partial charge in [0.1, 0.15) is 0 Å². The average Bonchev–Trinajstić information content (AvgIpc) is 2.17. The van der Waals surface area contributed by atoms with E-state index in [9.17, 15) is 0 Å². The van der Waals surface area contributed by atoms with Crippen LogP contribution < -0.4 is 5.32 Å². The standard InChI is InChI=1S/C9H9N.C2H4O2/c1-2-6-9-8(4-1)5-3-7-10-9;1-2(3)4/h1-6,10H,7H2;1H3,(H,3,4). The minimum absolute atomic E-state index is 0.833. The van der Waals surface area contributed by atoms with Gasteiger partial charge in [0.2, 0.25) is 0 Å². The molecule has 0 atom stereocenters. The highest BCUT2D eigenvalue weighted by molar-refractivity contribution is 5.69. The number of benzene rings is 1. The summed E-state index contributed by atoms with van der Waals surface area (Å²) in [7, 11) is 0. The van der Waals surface area contributed by atoms with Crippen molar-refractivity contribution in [1.29, 1.82) is 0 Å². The van der Waals surface area contributed by atoms with Gasteiger partial charge in [-0.3, -0.25) is 4.79 Å². The second kappa shape index (κ2) is 5.07. The minimum atomic E-state index is -0.833. The molecule has 2 N–H and O–H groups in total. The molecule has 0 radical (unpaired) electrons. The average molecular weight is 191 g/mol. The zero-order valence-corrected chi connectivity index (χ0v) is 8.03. The first-order chi connectivity index (χ1) is 6.70. The molecule has 0 saturated heterocycles. The van der Waals surface area contributed by atoms with Crippen molar-refractivity contribution in [2.24, 2.45) is 0 Å². The summed E-state index contributed by atoms with van der Waals surface area (Å²) in [6.45, 7) is 2.04. The van der Waals surface area contributed by atoms with Crippen LogP contribution >= 0.6 is 0 Å². The van der Waals surface area contributed by atoms with Gasteiger partial charge < -0.3 is 10.4 Å². The molecule has 1 aromatic rings. The van der Waals surface area contributed by atoms with Crippen molar-refractivity contribution in [3.05, 3.63) is 35.9 Å². The van der Waals surface area contributed by atoms with Crippen molar-refractivity contribution in [2.45, 2.75) is 6.92 Å². The Morgan fingerprint density at radius 2 is 2.07 bits per heavy atom. The molecule has 3 nitrogen and oxygen atoms in total. The van der Waals surface area contributed by atoms with E-state index >= 15 is 0 Å². The summed E-state index contributed by atoms with van der Waals surface area (Å²) in [4.78, 5) is 9.00. The molecule has 0 fully saturated rings. The highest BCUT2D eigenvalue weighted by atomic mass is 16.4. The molecular weight excluding hydrogens is 178 g/mol. The Hall–Kier alpha value is -1.77. The Kier molecular flexibility index (Phi) is 3.73. The number of aliphatic carboxylic acids is 1. The largest absolute Gasteiger partial charge is 0.481 e. The highest BCUT2D eigenvalue weighted by Gasteiger charge is 1.98. The first-order valence-corrected chi connectivity index (χ1v) is 4.39. The monoisotopic (exact) mass is 191 g/mol. The Bertz CT molecular complexity index is 341. The number of anilines is 1. The molecule has 0 bridgehead atoms. The maximum absolute atomic E-state index is 9.00. The summed E-state index contributed by atoms with van der Waals surface area (Å²) < 4.78 is 0. The van der Waals surface area contributed by atoms with Crippen molar-refractivity contribution in [2.75, 3.05) is 11.9 Å². The van der Waals surface area contributed by atoms with Crippen molar-refractivity contribution in [3.63, 3.8) is 0 Å². The van der Waals surface area contributed by atoms with E-state index in [4.69, 9.17) is 9.90 Å². The summed E-state index contributed by atoms with van der Waals surface area (Å²) in [5.74, 6) is -0.833. The normalized spacial score (nSPS) is 11.8. The van der Waals surface area contributed by atoms with Crippen LogP contribution in [0.25, 0.3) is 6.08 Å². The summed E-state index contributed by atoms with van der Waals surface area (Å²) >= 11 is 0. The van der Waals surface area contributed by atoms with E-state index < -0.39 is 5.97 Å². The predicted octanol–water partition coefficient (Wildman–Crippen LogP) is 2.22. The van der Waals surface area contributed by atoms with Crippen molar-refractivity contribution >= 4 is 17.7 Å². The van der Waals surface area contributed by atoms with Crippen LogP contribution in [0.15, 0.2) is 30.3 Å². The maximum Gasteiger partial charge on any atom is 0.300 e. The van der Waals surface area contributed by atoms with E-state index in [1.807, 2.05) is 6.07 Å². The molecule has 1 heterocycles. The number of carbonyl (C=O) groups is 1. The second-order valence-corrected chi connectivity index (χ2v) is 2.89. The van der Waals surface area contributed by atoms with Crippen LogP contribution in [-0.2, 0) is 4.79 Å². The fraction of sp³-hybridized carbons (Fsp3) is 0.182. The number of carboxylic acid groups (broad SMARTS) is 1. The highest BCUT2D eigenvalue weighted by Crippen LogP contribution is 2.18. The van der Waals surface area contributed by atoms with E-state index in [0.29, 0.717) is 0 Å². The van der Waals surface area contributed by atoms with Crippen LogP contribution in [0.3, 0.4) is 0 Å². The molecule has 0 saturated carbocycles. The van der Waals surface area contributed by atoms with Gasteiger partial charge in [-0.1, -0.05) is 30.4 Å². The smallest absolute Gasteiger partial charge is 0.300 e. The molecule has 1 aromatic carbocycles. The van der Waals surface area contributed by atoms with Gasteiger partial charge in [-0.25, -0.2) is 0 Å². The lowest BCUT2D eigenvalue weighted by Crippen LogP contribution is -2.03. The minimum Gasteiger partial charge on any atom is -0.481 e. The molecule has 0 aromatic heterocycles. The van der Waals surface area contributed by atoms with Gasteiger partial charge in [0.25, 0.3) is 5.97 Å². The van der Waals surface area contributed by atoms with Gasteiger partial charge in [0.05, 0.1) is 0 Å². The molecule has 74 valence electrons. The number of nitrogens with one attached hydrogen (secondary N) is 1. The third kappa shape index (κ3) is 3.31. The van der Waals surface area contributed by atoms with Gasteiger partial charge in [-0.2, -0.15) is 0 Å². The van der Waals surface area contributed by atoms with Crippen LogP contribution in [-0.4, -0.2) is 17.6 Å². The third-order valence-electron chi connectivity index (χ3n) is 1.67. The lowest BCUT2D eigenvalue weighted by molar-refractivity contribution is -0.134. The maximum atomic E-state index is 9.00. The Labute approximate surface area is 83.1 Å². The number of para-hydroxylation sites is 1. The van der Waals surface area contributed by atoms with E-state index in [1.54, 1.807) is 0 Å². The molecule has 0 spiro atoms. The van der Waals surface area contributed by atoms with Gasteiger partial charge >= 0.3 is 0 Å². The number of hydrogen-bond acceptors (Lipinski definition) is 2. The topological polar surface area (TPSA) is 49.3 Å². The second-order valence-electron chi connectivity index (χ2n) is 2.89. The summed E-state index contributed by atoms with van der Waals surface area (Å²) in [5, 5.41) is 10.7. The van der Waals surface area contributed by atoms with Gasteiger partial charge in [-0.15, -0.1) is 0 Å². The van der Waals surface area contributed by atoms with Crippen molar-refractivity contribution < 1.29 is 9.90 Å². The SMILES string of the molecule is C1=Cc2ccccc2NC1.CC(=O)O. The summed E-state index contributed by atoms with van der Waals surface area (Å²) in [5.41, 5.74) is 2.53. The van der Waals surface area contributed by atoms with E-state index in [2.05, 4.69) is 35.7 Å². The molecule has 1 aliphatic heterocycles. The molecule has 14 heavy (non-hydrogen) atoms. The lowest BCUT2D eigenvalue weighted by Gasteiger charge is -2.11. The van der Waals surface area contributed by atoms with Crippen LogP contribution in [0, 0.1) is 0 Å². The van der Waals surface area contributed by atoms with Crippen LogP contribution in [0.4, 0.5) is 5.69 Å². The third-order valence-corrected chi connectivity index (χ3v) is 1.67. The summed E-state index contributed by atoms with van der Waals surface area (Å²) in [6, 6.07) is 8.30.